The van der Waals surface area contributed by atoms with E-state index in [4.69, 9.17) is 23.3 Å². The molecule has 68 heavy (non-hydrogen) atoms. The summed E-state index contributed by atoms with van der Waals surface area (Å²) in [7, 11) is -4.76. The first-order valence-electron chi connectivity index (χ1n) is 26.5. The highest BCUT2D eigenvalue weighted by atomic mass is 31.2. The van der Waals surface area contributed by atoms with Gasteiger partial charge in [-0.1, -0.05) is 176 Å². The molecule has 390 valence electrons. The van der Waals surface area contributed by atoms with Gasteiger partial charge in [0.1, 0.15) is 12.7 Å². The zero-order valence-electron chi connectivity index (χ0n) is 42.8. The highest BCUT2D eigenvalue weighted by Crippen LogP contribution is 2.43. The summed E-state index contributed by atoms with van der Waals surface area (Å²) >= 11 is 0. The second-order valence-corrected chi connectivity index (χ2v) is 18.7. The number of hydrogen-bond acceptors (Lipinski definition) is 10. The maximum atomic E-state index is 12.8. The lowest BCUT2D eigenvalue weighted by atomic mass is 10.1. The van der Waals surface area contributed by atoms with Crippen molar-refractivity contribution in [2.75, 3.05) is 26.4 Å². The van der Waals surface area contributed by atoms with Crippen molar-refractivity contribution in [3.8, 4) is 0 Å². The average molecular weight is 975 g/mol. The summed E-state index contributed by atoms with van der Waals surface area (Å²) in [6.07, 6.45) is 55.6. The van der Waals surface area contributed by atoms with E-state index in [2.05, 4.69) is 106 Å². The molecule has 0 spiro atoms. The third kappa shape index (κ3) is 47.7. The molecule has 0 saturated carbocycles. The Kier molecular flexibility index (Phi) is 47.6. The van der Waals surface area contributed by atoms with E-state index in [1.165, 1.54) is 25.7 Å². The molecule has 11 nitrogen and oxygen atoms in total. The normalized spacial score (nSPS) is 14.1. The van der Waals surface area contributed by atoms with Crippen LogP contribution in [-0.4, -0.2) is 66.5 Å². The number of esters is 3. The number of phosphoric acid groups is 1. The molecule has 0 heterocycles. The molecule has 12 heteroatoms. The number of carbonyl (C=O) groups is 3. The third-order valence-electron chi connectivity index (χ3n) is 10.8. The number of aliphatic hydroxyl groups is 1. The number of unbranched alkanes of at least 4 members (excludes halogenated alkanes) is 17. The maximum Gasteiger partial charge on any atom is 0.472 e. The molecule has 3 atom stereocenters. The number of rotatable bonds is 48. The highest BCUT2D eigenvalue weighted by molar-refractivity contribution is 7.47. The van der Waals surface area contributed by atoms with Crippen LogP contribution in [0.1, 0.15) is 213 Å². The van der Waals surface area contributed by atoms with Gasteiger partial charge in [0.25, 0.3) is 0 Å². The van der Waals surface area contributed by atoms with Gasteiger partial charge in [-0.25, -0.2) is 4.57 Å². The Balaban J connectivity index is 4.79. The average Bonchev–Trinajstić information content (AvgIpc) is 3.32. The van der Waals surface area contributed by atoms with E-state index in [-0.39, 0.29) is 25.9 Å². The molecule has 0 radical (unpaired) electrons. The van der Waals surface area contributed by atoms with E-state index in [9.17, 15) is 28.9 Å². The van der Waals surface area contributed by atoms with Gasteiger partial charge in [0.05, 0.1) is 19.8 Å². The van der Waals surface area contributed by atoms with Gasteiger partial charge < -0.3 is 24.2 Å². The second kappa shape index (κ2) is 50.1. The van der Waals surface area contributed by atoms with Gasteiger partial charge in [0, 0.05) is 19.3 Å². The van der Waals surface area contributed by atoms with Crippen molar-refractivity contribution in [2.45, 2.75) is 226 Å². The molecule has 0 aliphatic rings. The van der Waals surface area contributed by atoms with Gasteiger partial charge in [-0.15, -0.1) is 0 Å². The minimum absolute atomic E-state index is 0.127. The first-order chi connectivity index (χ1) is 33.2. The van der Waals surface area contributed by atoms with E-state index >= 15 is 0 Å². The van der Waals surface area contributed by atoms with Crippen LogP contribution < -0.4 is 0 Å². The summed E-state index contributed by atoms with van der Waals surface area (Å²) in [6, 6.07) is 0. The van der Waals surface area contributed by atoms with Crippen LogP contribution in [0.15, 0.2) is 85.1 Å². The van der Waals surface area contributed by atoms with Crippen molar-refractivity contribution < 1.29 is 52.2 Å². The monoisotopic (exact) mass is 975 g/mol. The Bertz CT molecular complexity index is 1460. The van der Waals surface area contributed by atoms with Gasteiger partial charge in [0.2, 0.25) is 0 Å². The summed E-state index contributed by atoms with van der Waals surface area (Å²) in [5, 5.41) is 9.76. The van der Waals surface area contributed by atoms with Crippen LogP contribution in [-0.2, 0) is 42.2 Å². The minimum Gasteiger partial charge on any atom is -0.462 e. The molecule has 0 rings (SSSR count). The van der Waals surface area contributed by atoms with E-state index in [0.717, 1.165) is 128 Å². The first kappa shape index (κ1) is 64.7. The highest BCUT2D eigenvalue weighted by Gasteiger charge is 2.28. The van der Waals surface area contributed by atoms with Crippen molar-refractivity contribution in [3.63, 3.8) is 0 Å². The molecular weight excluding hydrogens is 880 g/mol. The van der Waals surface area contributed by atoms with E-state index in [0.29, 0.717) is 19.3 Å². The quantitative estimate of drug-likeness (QED) is 0.0197. The molecule has 0 aromatic rings. The van der Waals surface area contributed by atoms with Crippen LogP contribution >= 0.6 is 7.82 Å². The lowest BCUT2D eigenvalue weighted by Gasteiger charge is -2.21. The predicted molar refractivity (Wildman–Crippen MR) is 279 cm³/mol. The summed E-state index contributed by atoms with van der Waals surface area (Å²) in [5.41, 5.74) is 0. The number of phosphoric ester groups is 1. The van der Waals surface area contributed by atoms with Crippen LogP contribution in [0.25, 0.3) is 0 Å². The van der Waals surface area contributed by atoms with Crippen LogP contribution in [0.4, 0.5) is 0 Å². The molecule has 0 aromatic heterocycles. The van der Waals surface area contributed by atoms with Gasteiger partial charge in [-0.3, -0.25) is 23.4 Å². The lowest BCUT2D eigenvalue weighted by Crippen LogP contribution is -2.30. The number of hydrogen-bond donors (Lipinski definition) is 2. The maximum absolute atomic E-state index is 12.8. The molecule has 0 bridgehead atoms. The smallest absolute Gasteiger partial charge is 0.462 e. The largest absolute Gasteiger partial charge is 0.472 e. The van der Waals surface area contributed by atoms with Crippen LogP contribution in [0.3, 0.4) is 0 Å². The zero-order valence-corrected chi connectivity index (χ0v) is 43.7. The first-order valence-corrected chi connectivity index (χ1v) is 28.0. The number of ether oxygens (including phenoxy) is 3. The SMILES string of the molecule is CC/C=C\C/C=C\C/C=C\CCCCCCCCCC(=O)OCC(COP(=O)(O)OCC(CO)OC(=O)CCCCCCC/C=C\CCCC)OC(=O)CCCCC/C=C\C/C=C\C/C=C\CC. The van der Waals surface area contributed by atoms with Crippen molar-refractivity contribution in [1.29, 1.82) is 0 Å². The number of allylic oxidation sites excluding steroid dienone is 14. The standard InChI is InChI=1S/C56H95O11P/c1-4-7-10-13-16-19-22-24-25-26-27-29-31-33-36-39-42-45-54(58)63-49-53(67-56(60)47-44-41-38-35-32-28-23-20-17-14-11-8-5-2)51-65-68(61,62)64-50-52(48-57)66-55(59)46-43-40-37-34-30-21-18-15-12-9-6-3/h7-8,10-11,15-20,24-25,28,32,52-53,57H,4-6,9,12-14,21-23,26-27,29-31,33-51H2,1-3H3,(H,61,62)/b10-7-,11-8-,18-15-,19-16-,20-17-,25-24-,32-28-. The molecular formula is C56H95O11P. The second-order valence-electron chi connectivity index (χ2n) is 17.3. The van der Waals surface area contributed by atoms with Gasteiger partial charge in [-0.2, -0.15) is 0 Å². The topological polar surface area (TPSA) is 155 Å². The Morgan fingerprint density at radius 2 is 0.765 bits per heavy atom. The Morgan fingerprint density at radius 3 is 1.21 bits per heavy atom. The Hall–Kier alpha value is -3.34. The molecule has 0 aliphatic heterocycles. The minimum atomic E-state index is -4.76. The zero-order chi connectivity index (χ0) is 49.9. The fraction of sp³-hybridized carbons (Fsp3) is 0.696. The number of aliphatic hydroxyl groups excluding tert-OH is 1. The van der Waals surface area contributed by atoms with Crippen molar-refractivity contribution in [1.82, 2.24) is 0 Å². The van der Waals surface area contributed by atoms with Crippen LogP contribution in [0, 0.1) is 0 Å². The summed E-state index contributed by atoms with van der Waals surface area (Å²) in [4.78, 5) is 48.3. The summed E-state index contributed by atoms with van der Waals surface area (Å²) in [5.74, 6) is -1.53. The van der Waals surface area contributed by atoms with Crippen LogP contribution in [0.2, 0.25) is 0 Å². The molecule has 0 saturated heterocycles. The van der Waals surface area contributed by atoms with Crippen LogP contribution in [0.5, 0.6) is 0 Å². The third-order valence-corrected chi connectivity index (χ3v) is 11.7. The predicted octanol–water partition coefficient (Wildman–Crippen LogP) is 15.1. The molecule has 0 aromatic carbocycles. The molecule has 0 aliphatic carbocycles. The fourth-order valence-electron chi connectivity index (χ4n) is 6.78. The van der Waals surface area contributed by atoms with Crippen molar-refractivity contribution in [3.05, 3.63) is 85.1 Å². The lowest BCUT2D eigenvalue weighted by molar-refractivity contribution is -0.161. The summed E-state index contributed by atoms with van der Waals surface area (Å²) < 4.78 is 39.3. The van der Waals surface area contributed by atoms with E-state index in [1.807, 2.05) is 0 Å². The Labute approximate surface area is 413 Å². The summed E-state index contributed by atoms with van der Waals surface area (Å²) in [6.45, 7) is 4.30. The molecule has 0 fully saturated rings. The Morgan fingerprint density at radius 1 is 0.426 bits per heavy atom. The number of carbonyl (C=O) groups excluding carboxylic acids is 3. The molecule has 2 N–H and O–H groups in total. The van der Waals surface area contributed by atoms with Gasteiger partial charge >= 0.3 is 25.7 Å². The van der Waals surface area contributed by atoms with Crippen molar-refractivity contribution in [2.24, 2.45) is 0 Å². The van der Waals surface area contributed by atoms with Gasteiger partial charge in [0.15, 0.2) is 6.10 Å². The van der Waals surface area contributed by atoms with E-state index < -0.39 is 57.8 Å². The molecule has 0 amide bonds. The fourth-order valence-corrected chi connectivity index (χ4v) is 7.56. The van der Waals surface area contributed by atoms with Crippen molar-refractivity contribution >= 4 is 25.7 Å². The van der Waals surface area contributed by atoms with E-state index in [1.54, 1.807) is 0 Å². The van der Waals surface area contributed by atoms with Gasteiger partial charge in [-0.05, 0) is 103 Å². The molecule has 3 unspecified atom stereocenters.